The largest absolute Gasteiger partial charge is 0.346 e. The minimum atomic E-state index is 0.869. The van der Waals surface area contributed by atoms with Gasteiger partial charge in [-0.1, -0.05) is 46.0 Å². The Bertz CT molecular complexity index is 314. The first kappa shape index (κ1) is 25.9. The van der Waals surface area contributed by atoms with E-state index in [1.165, 1.54) is 117 Å². The lowest BCUT2D eigenvalue weighted by atomic mass is 9.86. The van der Waals surface area contributed by atoms with Crippen molar-refractivity contribution in [1.29, 1.82) is 0 Å². The molecule has 4 heteroatoms. The zero-order chi connectivity index (χ0) is 20.5. The maximum atomic E-state index is 2.54. The normalized spacial score (nSPS) is 23.8. The number of quaternary nitrogens is 3. The van der Waals surface area contributed by atoms with Crippen LogP contribution in [0.3, 0.4) is 0 Å². The molecule has 0 aromatic rings. The van der Waals surface area contributed by atoms with Gasteiger partial charge in [-0.15, -0.1) is 0 Å². The highest BCUT2D eigenvalue weighted by atomic mass is 15.2. The van der Waals surface area contributed by atoms with E-state index in [4.69, 9.17) is 0 Å². The Balaban J connectivity index is 0.000000221. The van der Waals surface area contributed by atoms with Gasteiger partial charge in [-0.2, -0.15) is 0 Å². The molecule has 0 aromatic heterocycles. The first-order chi connectivity index (χ1) is 13.7. The van der Waals surface area contributed by atoms with Crippen LogP contribution in [0.4, 0.5) is 0 Å². The van der Waals surface area contributed by atoms with Gasteiger partial charge in [0.1, 0.15) is 0 Å². The minimum Gasteiger partial charge on any atom is -0.346 e. The van der Waals surface area contributed by atoms with E-state index in [1.807, 2.05) is 0 Å². The third-order valence-corrected chi connectivity index (χ3v) is 7.00. The summed E-state index contributed by atoms with van der Waals surface area (Å²) in [6.45, 7) is 20.9. The molecule has 2 aliphatic heterocycles. The molecule has 168 valence electrons. The van der Waals surface area contributed by atoms with Crippen molar-refractivity contribution in [3.05, 3.63) is 0 Å². The Labute approximate surface area is 177 Å². The highest BCUT2D eigenvalue weighted by Gasteiger charge is 2.18. The molecule has 1 aliphatic carbocycles. The molecule has 1 unspecified atom stereocenters. The quantitative estimate of drug-likeness (QED) is 0.521. The van der Waals surface area contributed by atoms with E-state index in [1.54, 1.807) is 4.90 Å². The highest BCUT2D eigenvalue weighted by molar-refractivity contribution is 4.65. The van der Waals surface area contributed by atoms with E-state index >= 15 is 0 Å². The number of nitrogens with two attached hydrogens (primary N) is 2. The molecule has 3 aliphatic rings. The van der Waals surface area contributed by atoms with Crippen LogP contribution in [-0.4, -0.2) is 69.8 Å². The third-order valence-electron chi connectivity index (χ3n) is 7.00. The maximum absolute atomic E-state index is 2.54. The van der Waals surface area contributed by atoms with Gasteiger partial charge in [0.15, 0.2) is 0 Å². The topological polar surface area (TPSA) is 40.9 Å². The van der Waals surface area contributed by atoms with Crippen LogP contribution in [0.1, 0.15) is 85.5 Å². The molecule has 2 saturated heterocycles. The van der Waals surface area contributed by atoms with Gasteiger partial charge in [0.2, 0.25) is 0 Å². The van der Waals surface area contributed by atoms with E-state index in [0.717, 1.165) is 12.0 Å². The lowest BCUT2D eigenvalue weighted by molar-refractivity contribution is -0.937. The summed E-state index contributed by atoms with van der Waals surface area (Å²) < 4.78 is 0. The number of nitrogens with zero attached hydrogens (tertiary/aromatic N) is 1. The summed E-state index contributed by atoms with van der Waals surface area (Å²) in [6.07, 6.45) is 13.3. The number of rotatable bonds is 8. The van der Waals surface area contributed by atoms with Crippen LogP contribution >= 0.6 is 0 Å². The lowest BCUT2D eigenvalue weighted by Gasteiger charge is -2.29. The van der Waals surface area contributed by atoms with Crippen molar-refractivity contribution in [2.75, 3.05) is 58.9 Å². The highest BCUT2D eigenvalue weighted by Crippen LogP contribution is 2.26. The maximum Gasteiger partial charge on any atom is 0.0985 e. The predicted octanol–water partition coefficient (Wildman–Crippen LogP) is 0.889. The molecule has 0 spiro atoms. The van der Waals surface area contributed by atoms with Crippen molar-refractivity contribution in [2.45, 2.75) is 91.5 Å². The average molecular weight is 400 g/mol. The molecular weight excluding hydrogens is 344 g/mol. The number of likely N-dealkylation sites (tertiary alicyclic amines) is 1. The number of likely N-dealkylation sites (N-methyl/N-ethyl adjacent to an activating group) is 1. The van der Waals surface area contributed by atoms with Crippen LogP contribution in [0.25, 0.3) is 0 Å². The van der Waals surface area contributed by atoms with Crippen LogP contribution < -0.4 is 15.5 Å². The molecule has 0 radical (unpaired) electrons. The first-order valence-electron chi connectivity index (χ1n) is 12.9. The standard InChI is InChI=1S/C11H23N.C8H18N2.C5H11N/c1-2-12-10-6-9-11-7-4-3-5-8-11;1-3-8-7-10(4-2)6-5-9-8;1-2-6-4-3-5-6/h11-12H,2-10H2,1H3;8-9H,3-7H2,1-2H3;2-5H2,1H3/p+3. The number of piperazine rings is 1. The second-order valence-corrected chi connectivity index (χ2v) is 9.17. The SMILES string of the molecule is CCC1CN(CC)CC[NH2+]1.CC[NH+]1CCC1.CC[NH2+]CCCC1CCCCC1. The zero-order valence-corrected chi connectivity index (χ0v) is 20.0. The number of hydrogen-bond acceptors (Lipinski definition) is 1. The molecule has 28 heavy (non-hydrogen) atoms. The zero-order valence-electron chi connectivity index (χ0n) is 20.0. The average Bonchev–Trinajstić information content (AvgIpc) is 2.72. The van der Waals surface area contributed by atoms with Crippen molar-refractivity contribution in [3.8, 4) is 0 Å². The molecule has 1 saturated carbocycles. The van der Waals surface area contributed by atoms with Gasteiger partial charge in [0, 0.05) is 13.0 Å². The van der Waals surface area contributed by atoms with Gasteiger partial charge >= 0.3 is 0 Å². The van der Waals surface area contributed by atoms with Gasteiger partial charge in [-0.25, -0.2) is 0 Å². The van der Waals surface area contributed by atoms with Crippen LogP contribution in [0.5, 0.6) is 0 Å². The van der Waals surface area contributed by atoms with Crippen LogP contribution in [0, 0.1) is 5.92 Å². The number of hydrogen-bond donors (Lipinski definition) is 3. The molecule has 5 N–H and O–H groups in total. The molecule has 0 bridgehead atoms. The first-order valence-corrected chi connectivity index (χ1v) is 12.9. The van der Waals surface area contributed by atoms with Crippen LogP contribution in [0.2, 0.25) is 0 Å². The van der Waals surface area contributed by atoms with Crippen molar-refractivity contribution >= 4 is 0 Å². The fraction of sp³-hybridized carbons (Fsp3) is 1.00. The van der Waals surface area contributed by atoms with E-state index < -0.39 is 0 Å². The Morgan fingerprint density at radius 1 is 1.00 bits per heavy atom. The Morgan fingerprint density at radius 2 is 1.75 bits per heavy atom. The van der Waals surface area contributed by atoms with Crippen molar-refractivity contribution < 1.29 is 15.5 Å². The van der Waals surface area contributed by atoms with Gasteiger partial charge in [0.25, 0.3) is 0 Å². The Hall–Kier alpha value is -0.160. The van der Waals surface area contributed by atoms with Crippen molar-refractivity contribution in [1.82, 2.24) is 4.90 Å². The lowest BCUT2D eigenvalue weighted by Crippen LogP contribution is -3.17. The summed E-state index contributed by atoms with van der Waals surface area (Å²) in [4.78, 5) is 4.31. The van der Waals surface area contributed by atoms with Crippen molar-refractivity contribution in [2.24, 2.45) is 5.92 Å². The minimum absolute atomic E-state index is 0.869. The smallest absolute Gasteiger partial charge is 0.0985 e. The van der Waals surface area contributed by atoms with E-state index in [0.29, 0.717) is 0 Å². The van der Waals surface area contributed by atoms with Crippen molar-refractivity contribution in [3.63, 3.8) is 0 Å². The molecule has 3 fully saturated rings. The fourth-order valence-electron chi connectivity index (χ4n) is 4.58. The number of nitrogens with one attached hydrogen (secondary N) is 1. The van der Waals surface area contributed by atoms with Gasteiger partial charge in [-0.3, -0.25) is 4.90 Å². The Kier molecular flexibility index (Phi) is 16.3. The molecule has 1 atom stereocenters. The van der Waals surface area contributed by atoms with E-state index in [2.05, 4.69) is 43.2 Å². The molecule has 0 amide bonds. The molecule has 3 rings (SSSR count). The van der Waals surface area contributed by atoms with Gasteiger partial charge < -0.3 is 15.5 Å². The summed E-state index contributed by atoms with van der Waals surface area (Å²) in [7, 11) is 0. The van der Waals surface area contributed by atoms with E-state index in [9.17, 15) is 0 Å². The summed E-state index contributed by atoms with van der Waals surface area (Å²) in [5.74, 6) is 1.09. The summed E-state index contributed by atoms with van der Waals surface area (Å²) in [5, 5.41) is 4.90. The summed E-state index contributed by atoms with van der Waals surface area (Å²) in [5.41, 5.74) is 0. The van der Waals surface area contributed by atoms with Gasteiger partial charge in [0.05, 0.1) is 51.9 Å². The summed E-state index contributed by atoms with van der Waals surface area (Å²) in [6, 6.07) is 0.869. The molecule has 0 aromatic carbocycles. The predicted molar refractivity (Wildman–Crippen MR) is 122 cm³/mol. The van der Waals surface area contributed by atoms with Crippen LogP contribution in [0.15, 0.2) is 0 Å². The van der Waals surface area contributed by atoms with E-state index in [-0.39, 0.29) is 0 Å². The van der Waals surface area contributed by atoms with Gasteiger partial charge in [-0.05, 0) is 45.6 Å². The van der Waals surface area contributed by atoms with Crippen LogP contribution in [-0.2, 0) is 0 Å². The third kappa shape index (κ3) is 12.4. The second kappa shape index (κ2) is 17.7. The molecule has 4 nitrogen and oxygen atoms in total. The molecular formula is C24H55N4+3. The summed E-state index contributed by atoms with van der Waals surface area (Å²) >= 11 is 0. The molecule has 2 heterocycles. The Morgan fingerprint density at radius 3 is 2.25 bits per heavy atom. The fourth-order valence-corrected chi connectivity index (χ4v) is 4.58. The second-order valence-electron chi connectivity index (χ2n) is 9.17. The monoisotopic (exact) mass is 399 g/mol.